The van der Waals surface area contributed by atoms with Gasteiger partial charge in [-0.05, 0) is 80.9 Å². The highest BCUT2D eigenvalue weighted by molar-refractivity contribution is 14.1. The smallest absolute Gasteiger partial charge is 0.229 e. The summed E-state index contributed by atoms with van der Waals surface area (Å²) in [5, 5.41) is 0. The number of rotatable bonds is 6. The number of carbonyl (C=O) groups is 2. The molecule has 2 aromatic carbocycles. The molecule has 1 aliphatic heterocycles. The van der Waals surface area contributed by atoms with Crippen molar-refractivity contribution in [3.63, 3.8) is 0 Å². The predicted octanol–water partition coefficient (Wildman–Crippen LogP) is 5.72. The molecular weight excluding hydrogens is 599 g/mol. The van der Waals surface area contributed by atoms with Crippen molar-refractivity contribution in [1.29, 1.82) is 0 Å². The third-order valence-corrected chi connectivity index (χ3v) is 6.20. The summed E-state index contributed by atoms with van der Waals surface area (Å²) in [7, 11) is 0. The van der Waals surface area contributed by atoms with Crippen LogP contribution in [0.1, 0.15) is 44.8 Å². The van der Waals surface area contributed by atoms with E-state index in [1.165, 1.54) is 11.0 Å². The van der Waals surface area contributed by atoms with Crippen LogP contribution in [0.3, 0.4) is 0 Å². The Bertz CT molecular complexity index is 912. The number of imide groups is 1. The van der Waals surface area contributed by atoms with Gasteiger partial charge in [-0.3, -0.25) is 14.5 Å². The number of piperidine rings is 1. The summed E-state index contributed by atoms with van der Waals surface area (Å²) in [6.45, 7) is 4.04. The SMILES string of the molecule is CC1(C)CC(=O)N(CCC(Oc2cccc(I)c2)c2ccc(I)cc2F)C(=O)C1. The van der Waals surface area contributed by atoms with Gasteiger partial charge < -0.3 is 4.74 Å². The van der Waals surface area contributed by atoms with Crippen molar-refractivity contribution in [2.75, 3.05) is 6.54 Å². The second-order valence-corrected chi connectivity index (χ2v) is 10.5. The minimum absolute atomic E-state index is 0.178. The van der Waals surface area contributed by atoms with Crippen molar-refractivity contribution < 1.29 is 18.7 Å². The lowest BCUT2D eigenvalue weighted by atomic mass is 9.81. The molecule has 0 spiro atoms. The topological polar surface area (TPSA) is 46.6 Å². The molecule has 1 fully saturated rings. The fourth-order valence-electron chi connectivity index (χ4n) is 3.45. The first kappa shape index (κ1) is 22.5. The highest BCUT2D eigenvalue weighted by Gasteiger charge is 2.37. The van der Waals surface area contributed by atoms with Crippen LogP contribution in [-0.2, 0) is 9.59 Å². The number of likely N-dealkylation sites (tertiary alicyclic amines) is 1. The highest BCUT2D eigenvalue weighted by Crippen LogP contribution is 2.33. The molecule has 0 aliphatic carbocycles. The molecule has 0 N–H and O–H groups in total. The molecule has 0 bridgehead atoms. The average molecular weight is 621 g/mol. The van der Waals surface area contributed by atoms with Crippen LogP contribution in [0.2, 0.25) is 0 Å². The minimum Gasteiger partial charge on any atom is -0.486 e. The van der Waals surface area contributed by atoms with Gasteiger partial charge in [0.15, 0.2) is 0 Å². The Hall–Kier alpha value is -1.23. The van der Waals surface area contributed by atoms with Gasteiger partial charge in [0.25, 0.3) is 0 Å². The molecule has 0 saturated carbocycles. The molecule has 1 heterocycles. The van der Waals surface area contributed by atoms with Crippen molar-refractivity contribution in [2.24, 2.45) is 5.41 Å². The molecule has 4 nitrogen and oxygen atoms in total. The summed E-state index contributed by atoms with van der Waals surface area (Å²) in [6, 6.07) is 12.5. The van der Waals surface area contributed by atoms with E-state index in [0.29, 0.717) is 30.6 Å². The number of hydrogen-bond acceptors (Lipinski definition) is 3. The van der Waals surface area contributed by atoms with Crippen molar-refractivity contribution in [3.8, 4) is 5.75 Å². The monoisotopic (exact) mass is 621 g/mol. The molecule has 1 atom stereocenters. The van der Waals surface area contributed by atoms with Crippen LogP contribution >= 0.6 is 45.2 Å². The zero-order chi connectivity index (χ0) is 21.2. The molecular formula is C22H22FI2NO3. The van der Waals surface area contributed by atoms with Gasteiger partial charge in [0, 0.05) is 38.5 Å². The van der Waals surface area contributed by atoms with E-state index in [9.17, 15) is 14.0 Å². The summed E-state index contributed by atoms with van der Waals surface area (Å²) in [5.74, 6) is -0.0908. The lowest BCUT2D eigenvalue weighted by molar-refractivity contribution is -0.152. The summed E-state index contributed by atoms with van der Waals surface area (Å²) >= 11 is 4.25. The second-order valence-electron chi connectivity index (χ2n) is 7.98. The molecule has 2 aromatic rings. The van der Waals surface area contributed by atoms with Crippen LogP contribution < -0.4 is 4.74 Å². The van der Waals surface area contributed by atoms with Crippen LogP contribution in [0.25, 0.3) is 0 Å². The Kier molecular flexibility index (Phi) is 7.19. The first-order valence-electron chi connectivity index (χ1n) is 9.35. The van der Waals surface area contributed by atoms with Crippen molar-refractivity contribution in [3.05, 3.63) is 61.0 Å². The van der Waals surface area contributed by atoms with E-state index in [1.807, 2.05) is 44.2 Å². The first-order chi connectivity index (χ1) is 13.6. The fraction of sp³-hybridized carbons (Fsp3) is 0.364. The van der Waals surface area contributed by atoms with Crippen LogP contribution in [0, 0.1) is 18.4 Å². The van der Waals surface area contributed by atoms with Crippen LogP contribution in [0.4, 0.5) is 4.39 Å². The standard InChI is InChI=1S/C22H22FI2NO3/c1-22(2)12-20(27)26(21(28)13-22)9-8-19(17-7-6-15(25)11-18(17)23)29-16-5-3-4-14(24)10-16/h3-7,10-11,19H,8-9,12-13H2,1-2H3. The van der Waals surface area contributed by atoms with Crippen LogP contribution in [0.5, 0.6) is 5.75 Å². The molecule has 154 valence electrons. The second kappa shape index (κ2) is 9.28. The Morgan fingerprint density at radius 3 is 2.34 bits per heavy atom. The average Bonchev–Trinajstić information content (AvgIpc) is 2.59. The molecule has 1 unspecified atom stereocenters. The Balaban J connectivity index is 1.81. The van der Waals surface area contributed by atoms with Crippen molar-refractivity contribution in [2.45, 2.75) is 39.2 Å². The van der Waals surface area contributed by atoms with Gasteiger partial charge in [0.05, 0.1) is 0 Å². The largest absolute Gasteiger partial charge is 0.486 e. The number of halogens is 3. The quantitative estimate of drug-likeness (QED) is 0.307. The minimum atomic E-state index is -0.610. The van der Waals surface area contributed by atoms with Crippen LogP contribution in [-0.4, -0.2) is 23.3 Å². The van der Waals surface area contributed by atoms with Crippen molar-refractivity contribution >= 4 is 57.0 Å². The van der Waals surface area contributed by atoms with E-state index in [-0.39, 0.29) is 29.6 Å². The van der Waals surface area contributed by atoms with E-state index in [2.05, 4.69) is 45.2 Å². The zero-order valence-electron chi connectivity index (χ0n) is 16.3. The maximum atomic E-state index is 14.7. The van der Waals surface area contributed by atoms with Gasteiger partial charge in [-0.2, -0.15) is 0 Å². The number of hydrogen-bond donors (Lipinski definition) is 0. The maximum absolute atomic E-state index is 14.7. The van der Waals surface area contributed by atoms with E-state index >= 15 is 0 Å². The molecule has 0 radical (unpaired) electrons. The fourth-order valence-corrected chi connectivity index (χ4v) is 4.42. The number of amides is 2. The number of ether oxygens (including phenoxy) is 1. The lowest BCUT2D eigenvalue weighted by Crippen LogP contribution is -2.46. The number of carbonyl (C=O) groups excluding carboxylic acids is 2. The normalized spacial score (nSPS) is 17.3. The molecule has 2 amide bonds. The predicted molar refractivity (Wildman–Crippen MR) is 126 cm³/mol. The first-order valence-corrected chi connectivity index (χ1v) is 11.5. The molecule has 7 heteroatoms. The molecule has 1 saturated heterocycles. The van der Waals surface area contributed by atoms with E-state index in [4.69, 9.17) is 4.74 Å². The van der Waals surface area contributed by atoms with E-state index in [0.717, 1.165) is 7.14 Å². The van der Waals surface area contributed by atoms with Gasteiger partial charge in [0.1, 0.15) is 17.7 Å². The molecule has 1 aliphatic rings. The van der Waals surface area contributed by atoms with Gasteiger partial charge >= 0.3 is 0 Å². The van der Waals surface area contributed by atoms with Gasteiger partial charge in [-0.25, -0.2) is 4.39 Å². The van der Waals surface area contributed by atoms with E-state index < -0.39 is 6.10 Å². The number of nitrogens with zero attached hydrogens (tertiary/aromatic N) is 1. The van der Waals surface area contributed by atoms with Crippen molar-refractivity contribution in [1.82, 2.24) is 4.90 Å². The Morgan fingerprint density at radius 1 is 1.07 bits per heavy atom. The summed E-state index contributed by atoms with van der Waals surface area (Å²) in [5.41, 5.74) is 0.102. The molecule has 0 aromatic heterocycles. The van der Waals surface area contributed by atoms with Gasteiger partial charge in [-0.15, -0.1) is 0 Å². The van der Waals surface area contributed by atoms with Gasteiger partial charge in [0.2, 0.25) is 11.8 Å². The lowest BCUT2D eigenvalue weighted by Gasteiger charge is -2.35. The Labute approximate surface area is 197 Å². The maximum Gasteiger partial charge on any atom is 0.229 e. The highest BCUT2D eigenvalue weighted by atomic mass is 127. The molecule has 29 heavy (non-hydrogen) atoms. The van der Waals surface area contributed by atoms with Crippen LogP contribution in [0.15, 0.2) is 42.5 Å². The van der Waals surface area contributed by atoms with Gasteiger partial charge in [-0.1, -0.05) is 26.0 Å². The summed E-state index contributed by atoms with van der Waals surface area (Å²) < 4.78 is 22.6. The number of benzene rings is 2. The molecule has 3 rings (SSSR count). The zero-order valence-corrected chi connectivity index (χ0v) is 20.6. The van der Waals surface area contributed by atoms with E-state index in [1.54, 1.807) is 6.07 Å². The third-order valence-electron chi connectivity index (χ3n) is 4.86. The Morgan fingerprint density at radius 2 is 1.72 bits per heavy atom. The summed E-state index contributed by atoms with van der Waals surface area (Å²) in [6.07, 6.45) is 0.375. The summed E-state index contributed by atoms with van der Waals surface area (Å²) in [4.78, 5) is 26.2. The third kappa shape index (κ3) is 5.90.